The van der Waals surface area contributed by atoms with Gasteiger partial charge in [0.2, 0.25) is 15.5 Å². The third kappa shape index (κ3) is 18.0. The number of rotatable bonds is 15. The Hall–Kier alpha value is -8.69. The quantitative estimate of drug-likeness (QED) is 0.0118. The summed E-state index contributed by atoms with van der Waals surface area (Å²) in [6.45, 7) is 3.06. The van der Waals surface area contributed by atoms with Crippen LogP contribution in [0.1, 0.15) is 111 Å². The number of ketones is 1. The van der Waals surface area contributed by atoms with Crippen molar-refractivity contribution in [1.82, 2.24) is 44.3 Å². The summed E-state index contributed by atoms with van der Waals surface area (Å²) in [5.41, 5.74) is 15.0. The maximum Gasteiger partial charge on any atom is 0.347 e. The Kier molecular flexibility index (Phi) is 24.6. The molecule has 0 unspecified atom stereocenters. The van der Waals surface area contributed by atoms with Gasteiger partial charge in [0, 0.05) is 21.5 Å². The van der Waals surface area contributed by atoms with Gasteiger partial charge in [-0.3, -0.25) is 40.3 Å². The number of Topliss-reactive ketones (excluding diaryl/α,β-unsaturated/α-hetero) is 1. The molecule has 0 atom stereocenters. The van der Waals surface area contributed by atoms with Crippen LogP contribution < -0.4 is 23.1 Å². The Balaban J connectivity index is 0.000000142. The molecule has 95 heavy (non-hydrogen) atoms. The number of fused-ring (bicyclic) bond motifs is 4. The molecule has 0 bridgehead atoms. The van der Waals surface area contributed by atoms with Crippen molar-refractivity contribution in [2.45, 2.75) is 99.2 Å². The number of thioether (sulfide) groups is 2. The second-order valence-electron chi connectivity index (χ2n) is 22.4. The number of aliphatic imine (C=N–C) groups is 1. The lowest BCUT2D eigenvalue weighted by atomic mass is 9.99. The smallest absolute Gasteiger partial charge is 0.347 e. The molecule has 4 fully saturated rings. The van der Waals surface area contributed by atoms with Crippen LogP contribution in [0.5, 0.6) is 0 Å². The lowest BCUT2D eigenvalue weighted by Crippen LogP contribution is -2.15. The van der Waals surface area contributed by atoms with E-state index in [0.29, 0.717) is 37.6 Å². The molecular weight excluding hydrogens is 1370 g/mol. The van der Waals surface area contributed by atoms with Crippen LogP contribution >= 0.6 is 75.5 Å². The number of hydrogen-bond donors (Lipinski definition) is 8. The zero-order valence-electron chi connectivity index (χ0n) is 51.5. The molecule has 8 aromatic carbocycles. The zero-order chi connectivity index (χ0) is 67.9. The Morgan fingerprint density at radius 1 is 0.547 bits per heavy atom. The van der Waals surface area contributed by atoms with Crippen molar-refractivity contribution in [3.8, 4) is 17.1 Å². The fourth-order valence-electron chi connectivity index (χ4n) is 10.9. The maximum absolute atomic E-state index is 11.9. The van der Waals surface area contributed by atoms with E-state index < -0.39 is 17.9 Å². The van der Waals surface area contributed by atoms with Crippen LogP contribution in [0.3, 0.4) is 0 Å². The molecule has 4 saturated carbocycles. The monoisotopic (exact) mass is 1440 g/mol. The van der Waals surface area contributed by atoms with Crippen molar-refractivity contribution in [1.29, 1.82) is 0 Å². The summed E-state index contributed by atoms with van der Waals surface area (Å²) in [6, 6.07) is 49.9. The average Bonchev–Trinajstić information content (AvgIpc) is 1.68. The summed E-state index contributed by atoms with van der Waals surface area (Å²) >= 11 is 20.3. The fourth-order valence-corrected chi connectivity index (χ4v) is 13.1. The molecule has 3 aromatic heterocycles. The van der Waals surface area contributed by atoms with Crippen molar-refractivity contribution in [3.63, 3.8) is 0 Å². The number of halogens is 2. The van der Waals surface area contributed by atoms with Crippen LogP contribution in [-0.4, -0.2) is 106 Å². The van der Waals surface area contributed by atoms with Gasteiger partial charge in [0.1, 0.15) is 11.7 Å². The largest absolute Gasteiger partial charge is 0.481 e. The number of carbonyl (C=O) groups excluding carboxylic acids is 1. The van der Waals surface area contributed by atoms with Gasteiger partial charge in [-0.2, -0.15) is 4.99 Å². The number of hydrogen-bond acceptors (Lipinski definition) is 17. The van der Waals surface area contributed by atoms with E-state index in [-0.39, 0.29) is 34.8 Å². The highest BCUT2D eigenvalue weighted by molar-refractivity contribution is 9.10. The Labute approximate surface area is 577 Å². The highest BCUT2D eigenvalue weighted by Crippen LogP contribution is 2.48. The molecule has 0 radical (unpaired) electrons. The van der Waals surface area contributed by atoms with Gasteiger partial charge in [-0.15, -0.1) is 32.0 Å². The summed E-state index contributed by atoms with van der Waals surface area (Å²) in [6.07, 6.45) is 10.1. The number of nitrogens with two attached hydrogens (primary N) is 3. The molecule has 3 heterocycles. The molecule has 4 aliphatic rings. The highest BCUT2D eigenvalue weighted by atomic mass is 79.9. The van der Waals surface area contributed by atoms with E-state index in [1.165, 1.54) is 119 Å². The van der Waals surface area contributed by atoms with E-state index in [1.807, 2.05) is 59.2 Å². The number of aromatic nitrogens is 9. The van der Waals surface area contributed by atoms with Crippen LogP contribution in [0, 0.1) is 4.77 Å². The predicted octanol–water partition coefficient (Wildman–Crippen LogP) is 14.7. The SMILES string of the molecule is CC(C)=O.NN.Nc1nnc(SCC(=O)O)n1-c1ccc(C2CC2)c2ccccc12.O=C(O)CCl.O=C(O)CSc1nnc(Br)n1-c1ccc(C2CC2)c2ccccc12.O=c1[nH][nH]c(=S)n1-c1ccc(C2CC2)c2ccccc12.S=C=Nc1ccc(C2CC2)c2ccccc12. The van der Waals surface area contributed by atoms with Crippen LogP contribution in [0.2, 0.25) is 0 Å². The van der Waals surface area contributed by atoms with Gasteiger partial charge in [0.05, 0.1) is 39.4 Å². The van der Waals surface area contributed by atoms with E-state index in [1.54, 1.807) is 4.57 Å². The minimum atomic E-state index is -0.980. The molecule has 11 aromatic rings. The first kappa shape index (κ1) is 70.6. The number of H-pyrrole nitrogens is 2. The highest BCUT2D eigenvalue weighted by Gasteiger charge is 2.30. The fraction of sp³-hybridized carbons (Fsp3) is 0.250. The van der Waals surface area contributed by atoms with Crippen LogP contribution in [0.15, 0.2) is 170 Å². The number of nitrogens with zero attached hydrogens (tertiary/aromatic N) is 8. The lowest BCUT2D eigenvalue weighted by Gasteiger charge is -2.13. The molecular formula is C68H67BrClN13O8S4. The number of anilines is 1. The summed E-state index contributed by atoms with van der Waals surface area (Å²) in [5.74, 6) is 7.96. The number of hydrazine groups is 1. The number of thiocarbonyl (C=S) groups is 1. The standard InChI is InChI=1S/C17H14BrN3O2S.C17H16N4O2S.C15H13N3OS.C14H11NS.C3H6O.C2H3ClO2.H4N2/c2*18-16-19-20-17(24-9-15(22)23)21(16)14-8-7-11(10-5-6-10)12-3-1-2-4-13(12)14;19-14-16-17-15(20)18(14)13-8-7-10(9-5-6-9)11-3-1-2-4-12(11)13;16-9-15-14-8-7-11(10-5-6-10)12-3-1-2-4-13(12)14;1-3(2)4;3-1-2(4)5;1-2/h1-4,7-8,10H,5-6,9H2,(H,22,23);1-4,7-8,10H,5-6,9H2,(H2,18,19)(H,22,23);1-4,7-9H,5-6H2,(H,16,19)(H,17,20);1-4,7-8,10H,5-6H2;1-2H3;1H2,(H,4,5);1-2H2. The number of alkyl halides is 1. The molecule has 4 aliphatic carbocycles. The van der Waals surface area contributed by atoms with Gasteiger partial charge in [0.15, 0.2) is 10.3 Å². The van der Waals surface area contributed by atoms with E-state index in [0.717, 1.165) is 68.3 Å². The summed E-state index contributed by atoms with van der Waals surface area (Å²) < 4.78 is 6.06. The van der Waals surface area contributed by atoms with Crippen LogP contribution in [0.4, 0.5) is 11.6 Å². The first-order chi connectivity index (χ1) is 46.0. The topological polar surface area (TPSA) is 334 Å². The number of carboxylic acid groups (broad SMARTS) is 3. The Morgan fingerprint density at radius 3 is 1.24 bits per heavy atom. The van der Waals surface area contributed by atoms with Gasteiger partial charge in [-0.25, -0.2) is 14.5 Å². The van der Waals surface area contributed by atoms with Crippen molar-refractivity contribution < 1.29 is 34.5 Å². The zero-order valence-corrected chi connectivity index (χ0v) is 57.1. The lowest BCUT2D eigenvalue weighted by molar-refractivity contribution is -0.135. The summed E-state index contributed by atoms with van der Waals surface area (Å²) in [7, 11) is 0. The third-order valence-corrected chi connectivity index (χ3v) is 18.3. The van der Waals surface area contributed by atoms with Crippen molar-refractivity contribution in [3.05, 3.63) is 188 Å². The first-order valence-electron chi connectivity index (χ1n) is 30.1. The van der Waals surface area contributed by atoms with E-state index in [2.05, 4.69) is 172 Å². The summed E-state index contributed by atoms with van der Waals surface area (Å²) in [5, 5.41) is 59.7. The Morgan fingerprint density at radius 2 is 0.884 bits per heavy atom. The number of benzene rings is 8. The second-order valence-corrected chi connectivity index (χ2v) is 25.9. The number of carboxylic acids is 3. The molecule has 0 aliphatic heterocycles. The molecule has 15 rings (SSSR count). The predicted molar refractivity (Wildman–Crippen MR) is 385 cm³/mol. The van der Waals surface area contributed by atoms with Crippen molar-refractivity contribution >= 4 is 159 Å². The van der Waals surface area contributed by atoms with Crippen LogP contribution in [-0.2, 0) is 19.2 Å². The Bertz CT molecular complexity index is 4600. The molecule has 0 spiro atoms. The molecule has 27 heteroatoms. The van der Waals surface area contributed by atoms with E-state index >= 15 is 0 Å². The summed E-state index contributed by atoms with van der Waals surface area (Å²) in [4.78, 5) is 56.5. The van der Waals surface area contributed by atoms with E-state index in [4.69, 9.17) is 44.9 Å². The molecule has 11 N–H and O–H groups in total. The van der Waals surface area contributed by atoms with Crippen molar-refractivity contribution in [2.24, 2.45) is 16.7 Å². The van der Waals surface area contributed by atoms with Gasteiger partial charge in [0.25, 0.3) is 0 Å². The van der Waals surface area contributed by atoms with Gasteiger partial charge < -0.3 is 25.8 Å². The van der Waals surface area contributed by atoms with Crippen LogP contribution in [0.25, 0.3) is 60.2 Å². The number of carbonyl (C=O) groups is 4. The molecule has 0 saturated heterocycles. The maximum atomic E-state index is 11.9. The minimum absolute atomic E-state index is 0.0524. The normalized spacial score (nSPS) is 13.5. The second kappa shape index (κ2) is 33.1. The minimum Gasteiger partial charge on any atom is -0.481 e. The molecule has 0 amide bonds. The average molecular weight is 1440 g/mol. The van der Waals surface area contributed by atoms with E-state index in [9.17, 15) is 24.0 Å². The van der Waals surface area contributed by atoms with Gasteiger partial charge in [-0.05, 0) is 197 Å². The third-order valence-electron chi connectivity index (χ3n) is 15.4. The number of nitrogen functional groups attached to an aromatic ring is 1. The number of aliphatic carboxylic acids is 3. The first-order valence-corrected chi connectivity index (χ1v) is 34.2. The van der Waals surface area contributed by atoms with Crippen molar-refractivity contribution in [2.75, 3.05) is 23.1 Å². The number of isothiocyanates is 1. The molecule has 490 valence electrons. The molecule has 21 nitrogen and oxygen atoms in total. The number of aromatic amines is 2. The number of nitrogens with one attached hydrogen (secondary N) is 2. The van der Waals surface area contributed by atoms with Gasteiger partial charge >= 0.3 is 23.6 Å². The van der Waals surface area contributed by atoms with Gasteiger partial charge in [-0.1, -0.05) is 145 Å².